The Morgan fingerprint density at radius 2 is 1.77 bits per heavy atom. The Labute approximate surface area is 133 Å². The van der Waals surface area contributed by atoms with Gasteiger partial charge >= 0.3 is 11.9 Å². The summed E-state index contributed by atoms with van der Waals surface area (Å²) in [6.45, 7) is 2.44. The van der Waals surface area contributed by atoms with Crippen LogP contribution in [0.2, 0.25) is 0 Å². The number of likely N-dealkylation sites (N-methyl/N-ethyl adjacent to an activating group) is 1. The highest BCUT2D eigenvalue weighted by atomic mass is 16.5. The lowest BCUT2D eigenvalue weighted by molar-refractivity contribution is -0.873. The summed E-state index contributed by atoms with van der Waals surface area (Å²) >= 11 is 0. The van der Waals surface area contributed by atoms with Crippen molar-refractivity contribution in [2.24, 2.45) is 5.92 Å². The van der Waals surface area contributed by atoms with Crippen molar-refractivity contribution in [3.63, 3.8) is 0 Å². The molecule has 0 aliphatic rings. The largest absolute Gasteiger partial charge is 0.481 e. The molecule has 0 saturated carbocycles. The summed E-state index contributed by atoms with van der Waals surface area (Å²) in [5.74, 6) is -2.03. The SMILES string of the molecule is CCCCCC(C(=O)O)C(C[N+](C)(C)C)OC(=O)CCCO. The van der Waals surface area contributed by atoms with Crippen LogP contribution in [0.4, 0.5) is 0 Å². The van der Waals surface area contributed by atoms with E-state index in [2.05, 4.69) is 6.92 Å². The zero-order chi connectivity index (χ0) is 17.2. The molecule has 0 aromatic rings. The Balaban J connectivity index is 4.90. The van der Waals surface area contributed by atoms with Gasteiger partial charge in [0.15, 0.2) is 6.10 Å². The molecule has 0 amide bonds. The first-order chi connectivity index (χ1) is 10.2. The van der Waals surface area contributed by atoms with Crippen molar-refractivity contribution in [1.82, 2.24) is 0 Å². The number of ether oxygens (including phenoxy) is 1. The van der Waals surface area contributed by atoms with Gasteiger partial charge in [0, 0.05) is 13.0 Å². The van der Waals surface area contributed by atoms with E-state index in [9.17, 15) is 14.7 Å². The van der Waals surface area contributed by atoms with Crippen molar-refractivity contribution in [1.29, 1.82) is 0 Å². The van der Waals surface area contributed by atoms with Gasteiger partial charge in [0.05, 0.1) is 27.1 Å². The maximum atomic E-state index is 11.8. The van der Waals surface area contributed by atoms with Gasteiger partial charge in [0.25, 0.3) is 0 Å². The Hall–Kier alpha value is -1.14. The maximum Gasteiger partial charge on any atom is 0.310 e. The maximum absolute atomic E-state index is 11.8. The average Bonchev–Trinajstić information content (AvgIpc) is 2.38. The molecule has 2 N–H and O–H groups in total. The van der Waals surface area contributed by atoms with E-state index < -0.39 is 24.0 Å². The standard InChI is InChI=1S/C16H31NO5/c1-5-6-7-9-13(16(20)21)14(12-17(2,3)4)22-15(19)10-8-11-18/h13-14,18H,5-12H2,1-4H3/p+1. The Morgan fingerprint density at radius 1 is 1.14 bits per heavy atom. The average molecular weight is 318 g/mol. The molecule has 2 atom stereocenters. The molecule has 0 aliphatic heterocycles. The molecule has 0 bridgehead atoms. The monoisotopic (exact) mass is 318 g/mol. The number of carboxylic acids is 1. The molecule has 22 heavy (non-hydrogen) atoms. The molecule has 0 aliphatic carbocycles. The number of aliphatic hydroxyl groups excluding tert-OH is 1. The van der Waals surface area contributed by atoms with Gasteiger partial charge in [0.1, 0.15) is 6.54 Å². The Kier molecular flexibility index (Phi) is 10.0. The first kappa shape index (κ1) is 20.9. The second kappa shape index (κ2) is 10.6. The number of rotatable bonds is 12. The molecular formula is C16H32NO5+. The number of hydrogen-bond donors (Lipinski definition) is 2. The highest BCUT2D eigenvalue weighted by molar-refractivity contribution is 5.73. The number of nitrogens with zero attached hydrogens (tertiary/aromatic N) is 1. The Morgan fingerprint density at radius 3 is 2.23 bits per heavy atom. The summed E-state index contributed by atoms with van der Waals surface area (Å²) in [7, 11) is 5.83. The van der Waals surface area contributed by atoms with Crippen LogP contribution < -0.4 is 0 Å². The van der Waals surface area contributed by atoms with E-state index in [-0.39, 0.29) is 13.0 Å². The van der Waals surface area contributed by atoms with E-state index in [0.29, 0.717) is 23.9 Å². The minimum Gasteiger partial charge on any atom is -0.481 e. The lowest BCUT2D eigenvalue weighted by atomic mass is 9.94. The van der Waals surface area contributed by atoms with Crippen molar-refractivity contribution < 1.29 is 29.0 Å². The van der Waals surface area contributed by atoms with Crippen LogP contribution in [0.1, 0.15) is 45.4 Å². The molecule has 0 aromatic heterocycles. The van der Waals surface area contributed by atoms with Gasteiger partial charge in [-0.05, 0) is 12.8 Å². The minimum absolute atomic E-state index is 0.0754. The van der Waals surface area contributed by atoms with E-state index in [1.54, 1.807) is 0 Å². The topological polar surface area (TPSA) is 83.8 Å². The van der Waals surface area contributed by atoms with Crippen LogP contribution in [0, 0.1) is 5.92 Å². The van der Waals surface area contributed by atoms with E-state index >= 15 is 0 Å². The van der Waals surface area contributed by atoms with Gasteiger partial charge in [0.2, 0.25) is 0 Å². The predicted octanol–water partition coefficient (Wildman–Crippen LogP) is 1.66. The zero-order valence-corrected chi connectivity index (χ0v) is 14.4. The quantitative estimate of drug-likeness (QED) is 0.325. The fourth-order valence-electron chi connectivity index (χ4n) is 2.32. The number of aliphatic hydroxyl groups is 1. The molecule has 0 fully saturated rings. The summed E-state index contributed by atoms with van der Waals surface area (Å²) in [4.78, 5) is 23.4. The van der Waals surface area contributed by atoms with Gasteiger partial charge in [-0.2, -0.15) is 0 Å². The molecule has 6 heteroatoms. The summed E-state index contributed by atoms with van der Waals surface area (Å²) in [6.07, 6.45) is 3.13. The molecular weight excluding hydrogens is 286 g/mol. The van der Waals surface area contributed by atoms with Crippen LogP contribution in [0.15, 0.2) is 0 Å². The number of carbonyl (C=O) groups is 2. The second-order valence-corrected chi connectivity index (χ2v) is 6.77. The van der Waals surface area contributed by atoms with Crippen LogP contribution in [0.25, 0.3) is 0 Å². The molecule has 0 saturated heterocycles. The van der Waals surface area contributed by atoms with Crippen LogP contribution in [0.5, 0.6) is 0 Å². The highest BCUT2D eigenvalue weighted by Crippen LogP contribution is 2.20. The van der Waals surface area contributed by atoms with Gasteiger partial charge in [-0.15, -0.1) is 0 Å². The third kappa shape index (κ3) is 9.73. The second-order valence-electron chi connectivity index (χ2n) is 6.77. The fourth-order valence-corrected chi connectivity index (χ4v) is 2.32. The predicted molar refractivity (Wildman–Crippen MR) is 84.4 cm³/mol. The number of hydrogen-bond acceptors (Lipinski definition) is 4. The van der Waals surface area contributed by atoms with Gasteiger partial charge in [-0.25, -0.2) is 0 Å². The van der Waals surface area contributed by atoms with Crippen LogP contribution in [-0.2, 0) is 14.3 Å². The summed E-state index contributed by atoms with van der Waals surface area (Å²) < 4.78 is 5.96. The first-order valence-corrected chi connectivity index (χ1v) is 8.04. The molecule has 0 spiro atoms. The van der Waals surface area contributed by atoms with Gasteiger partial charge in [-0.1, -0.05) is 26.2 Å². The van der Waals surface area contributed by atoms with Crippen molar-refractivity contribution in [2.45, 2.75) is 51.6 Å². The van der Waals surface area contributed by atoms with Crippen LogP contribution in [0.3, 0.4) is 0 Å². The van der Waals surface area contributed by atoms with E-state index in [1.165, 1.54) is 0 Å². The minimum atomic E-state index is -0.912. The fraction of sp³-hybridized carbons (Fsp3) is 0.875. The van der Waals surface area contributed by atoms with Crippen molar-refractivity contribution in [3.8, 4) is 0 Å². The van der Waals surface area contributed by atoms with E-state index in [1.807, 2.05) is 21.1 Å². The number of esters is 1. The molecule has 130 valence electrons. The molecule has 0 aromatic carbocycles. The third-order valence-electron chi connectivity index (χ3n) is 3.43. The van der Waals surface area contributed by atoms with Crippen molar-refractivity contribution >= 4 is 11.9 Å². The summed E-state index contributed by atoms with van der Waals surface area (Å²) in [5, 5.41) is 18.3. The Bertz CT molecular complexity index is 338. The number of unbranched alkanes of at least 4 members (excludes halogenated alkanes) is 2. The van der Waals surface area contributed by atoms with Crippen LogP contribution in [-0.4, -0.2) is 67.0 Å². The number of aliphatic carboxylic acids is 1. The highest BCUT2D eigenvalue weighted by Gasteiger charge is 2.34. The van der Waals surface area contributed by atoms with E-state index in [4.69, 9.17) is 9.84 Å². The molecule has 0 rings (SSSR count). The first-order valence-electron chi connectivity index (χ1n) is 8.04. The lowest BCUT2D eigenvalue weighted by Crippen LogP contribution is -2.47. The van der Waals surface area contributed by atoms with Gasteiger partial charge in [-0.3, -0.25) is 9.59 Å². The van der Waals surface area contributed by atoms with Crippen molar-refractivity contribution in [2.75, 3.05) is 34.3 Å². The third-order valence-corrected chi connectivity index (χ3v) is 3.43. The van der Waals surface area contributed by atoms with Gasteiger partial charge < -0.3 is 19.4 Å². The molecule has 0 radical (unpaired) electrons. The zero-order valence-electron chi connectivity index (χ0n) is 14.4. The van der Waals surface area contributed by atoms with E-state index in [0.717, 1.165) is 19.3 Å². The lowest BCUT2D eigenvalue weighted by Gasteiger charge is -2.32. The summed E-state index contributed by atoms with van der Waals surface area (Å²) in [6, 6.07) is 0. The number of carboxylic acid groups (broad SMARTS) is 1. The van der Waals surface area contributed by atoms with Crippen molar-refractivity contribution in [3.05, 3.63) is 0 Å². The smallest absolute Gasteiger partial charge is 0.310 e. The normalized spacial score (nSPS) is 14.4. The molecule has 6 nitrogen and oxygen atoms in total. The number of quaternary nitrogens is 1. The molecule has 2 unspecified atom stereocenters. The molecule has 0 heterocycles. The van der Waals surface area contributed by atoms with Crippen LogP contribution >= 0.6 is 0 Å². The summed E-state index contributed by atoms with van der Waals surface area (Å²) in [5.41, 5.74) is 0. The number of carbonyl (C=O) groups excluding carboxylic acids is 1.